The van der Waals surface area contributed by atoms with Gasteiger partial charge in [-0.2, -0.15) is 4.98 Å². The summed E-state index contributed by atoms with van der Waals surface area (Å²) in [5.74, 6) is 1.41. The smallest absolute Gasteiger partial charge is 0.262 e. The first-order valence-electron chi connectivity index (χ1n) is 8.07. The average molecular weight is 337 g/mol. The number of nitrogens with zero attached hydrogens (tertiary/aromatic N) is 2. The Morgan fingerprint density at radius 3 is 2.80 bits per heavy atom. The maximum Gasteiger partial charge on any atom is 0.262 e. The van der Waals surface area contributed by atoms with Crippen molar-refractivity contribution in [2.75, 3.05) is 11.9 Å². The van der Waals surface area contributed by atoms with Crippen molar-refractivity contribution in [2.24, 2.45) is 0 Å². The maximum atomic E-state index is 12.2. The van der Waals surface area contributed by atoms with Gasteiger partial charge in [-0.1, -0.05) is 36.3 Å². The van der Waals surface area contributed by atoms with Gasteiger partial charge in [0.1, 0.15) is 5.75 Å². The predicted octanol–water partition coefficient (Wildman–Crippen LogP) is 3.62. The molecule has 2 aromatic carbocycles. The topological polar surface area (TPSA) is 77.2 Å². The molecule has 3 aromatic rings. The standard InChI is InChI=1S/C19H19N3O3/c1-3-17-21-19(25-22-17)15-9-4-5-10-16(15)20-18(23)12-24-14-8-6-7-13(2)11-14/h4-11H,3,12H2,1-2H3,(H,20,23). The van der Waals surface area contributed by atoms with Crippen LogP contribution in [0.4, 0.5) is 5.69 Å². The number of carbonyl (C=O) groups is 1. The summed E-state index contributed by atoms with van der Waals surface area (Å²) in [5.41, 5.74) is 2.36. The molecule has 1 aromatic heterocycles. The fourth-order valence-corrected chi connectivity index (χ4v) is 2.33. The third-order valence-electron chi connectivity index (χ3n) is 3.58. The zero-order valence-electron chi connectivity index (χ0n) is 14.2. The van der Waals surface area contributed by atoms with Gasteiger partial charge < -0.3 is 14.6 Å². The lowest BCUT2D eigenvalue weighted by Crippen LogP contribution is -2.20. The molecule has 6 heteroatoms. The molecular weight excluding hydrogens is 318 g/mol. The van der Waals surface area contributed by atoms with Crippen LogP contribution >= 0.6 is 0 Å². The summed E-state index contributed by atoms with van der Waals surface area (Å²) in [7, 11) is 0. The average Bonchev–Trinajstić information content (AvgIpc) is 3.09. The minimum absolute atomic E-state index is 0.0815. The van der Waals surface area contributed by atoms with Crippen molar-refractivity contribution in [3.05, 3.63) is 59.9 Å². The molecule has 6 nitrogen and oxygen atoms in total. The number of hydrogen-bond acceptors (Lipinski definition) is 5. The van der Waals surface area contributed by atoms with E-state index in [9.17, 15) is 4.79 Å². The molecule has 0 fully saturated rings. The van der Waals surface area contributed by atoms with Gasteiger partial charge in [-0.25, -0.2) is 0 Å². The number of carbonyl (C=O) groups excluding carboxylic acids is 1. The number of anilines is 1. The van der Waals surface area contributed by atoms with E-state index in [0.717, 1.165) is 5.56 Å². The van der Waals surface area contributed by atoms with Crippen LogP contribution in [0, 0.1) is 6.92 Å². The molecule has 0 bridgehead atoms. The van der Waals surface area contributed by atoms with Gasteiger partial charge in [0, 0.05) is 6.42 Å². The van der Waals surface area contributed by atoms with E-state index in [1.165, 1.54) is 0 Å². The van der Waals surface area contributed by atoms with Crippen LogP contribution in [0.2, 0.25) is 0 Å². The van der Waals surface area contributed by atoms with Crippen LogP contribution in [0.15, 0.2) is 53.1 Å². The highest BCUT2D eigenvalue weighted by atomic mass is 16.5. The summed E-state index contributed by atoms with van der Waals surface area (Å²) < 4.78 is 10.8. The summed E-state index contributed by atoms with van der Waals surface area (Å²) in [6.07, 6.45) is 0.683. The van der Waals surface area contributed by atoms with E-state index in [4.69, 9.17) is 9.26 Å². The summed E-state index contributed by atoms with van der Waals surface area (Å²) >= 11 is 0. The number of aryl methyl sites for hydroxylation is 2. The van der Waals surface area contributed by atoms with Gasteiger partial charge >= 0.3 is 0 Å². The number of rotatable bonds is 6. The van der Waals surface area contributed by atoms with Crippen LogP contribution < -0.4 is 10.1 Å². The van der Waals surface area contributed by atoms with Crippen molar-refractivity contribution in [3.8, 4) is 17.2 Å². The van der Waals surface area contributed by atoms with Crippen LogP contribution in [0.1, 0.15) is 18.3 Å². The number of ether oxygens (including phenoxy) is 1. The van der Waals surface area contributed by atoms with Gasteiger partial charge in [0.05, 0.1) is 11.3 Å². The molecule has 1 heterocycles. The van der Waals surface area contributed by atoms with E-state index in [0.29, 0.717) is 35.1 Å². The van der Waals surface area contributed by atoms with Crippen molar-refractivity contribution < 1.29 is 14.1 Å². The highest BCUT2D eigenvalue weighted by Gasteiger charge is 2.14. The molecule has 0 spiro atoms. The van der Waals surface area contributed by atoms with E-state index in [-0.39, 0.29) is 12.5 Å². The minimum Gasteiger partial charge on any atom is -0.484 e. The first-order valence-corrected chi connectivity index (χ1v) is 8.07. The Labute approximate surface area is 145 Å². The zero-order chi connectivity index (χ0) is 17.6. The third kappa shape index (κ3) is 4.23. The Morgan fingerprint density at radius 1 is 1.20 bits per heavy atom. The van der Waals surface area contributed by atoms with E-state index in [1.54, 1.807) is 6.07 Å². The van der Waals surface area contributed by atoms with Crippen LogP contribution in [0.5, 0.6) is 5.75 Å². The Balaban J connectivity index is 1.69. The number of benzene rings is 2. The molecule has 0 aliphatic heterocycles. The third-order valence-corrected chi connectivity index (χ3v) is 3.58. The van der Waals surface area contributed by atoms with Gasteiger partial charge in [-0.05, 0) is 36.8 Å². The van der Waals surface area contributed by atoms with Crippen molar-refractivity contribution in [1.82, 2.24) is 10.1 Å². The first-order chi connectivity index (χ1) is 12.2. The van der Waals surface area contributed by atoms with E-state index < -0.39 is 0 Å². The normalized spacial score (nSPS) is 10.5. The molecule has 1 N–H and O–H groups in total. The zero-order valence-corrected chi connectivity index (χ0v) is 14.2. The summed E-state index contributed by atoms with van der Waals surface area (Å²) in [4.78, 5) is 16.5. The fraction of sp³-hybridized carbons (Fsp3) is 0.211. The van der Waals surface area contributed by atoms with Crippen molar-refractivity contribution in [2.45, 2.75) is 20.3 Å². The van der Waals surface area contributed by atoms with Gasteiger partial charge in [-0.15, -0.1) is 0 Å². The maximum absolute atomic E-state index is 12.2. The molecule has 3 rings (SSSR count). The molecular formula is C19H19N3O3. The molecule has 0 radical (unpaired) electrons. The molecule has 0 unspecified atom stereocenters. The molecule has 1 amide bonds. The van der Waals surface area contributed by atoms with Gasteiger partial charge in [0.2, 0.25) is 0 Å². The number of para-hydroxylation sites is 1. The predicted molar refractivity (Wildman–Crippen MR) is 94.4 cm³/mol. The molecule has 25 heavy (non-hydrogen) atoms. The monoisotopic (exact) mass is 337 g/mol. The molecule has 0 saturated heterocycles. The van der Waals surface area contributed by atoms with Gasteiger partial charge in [0.25, 0.3) is 11.8 Å². The van der Waals surface area contributed by atoms with Crippen LogP contribution in [-0.2, 0) is 11.2 Å². The Morgan fingerprint density at radius 2 is 2.04 bits per heavy atom. The van der Waals surface area contributed by atoms with E-state index >= 15 is 0 Å². The first kappa shape index (κ1) is 16.7. The second kappa shape index (κ2) is 7.61. The largest absolute Gasteiger partial charge is 0.484 e. The van der Waals surface area contributed by atoms with Crippen molar-refractivity contribution >= 4 is 11.6 Å². The quantitative estimate of drug-likeness (QED) is 0.743. The van der Waals surface area contributed by atoms with Crippen LogP contribution in [0.3, 0.4) is 0 Å². The van der Waals surface area contributed by atoms with E-state index in [2.05, 4.69) is 15.5 Å². The number of amides is 1. The molecule has 0 aliphatic carbocycles. The molecule has 0 aliphatic rings. The van der Waals surface area contributed by atoms with Crippen LogP contribution in [-0.4, -0.2) is 22.7 Å². The Hall–Kier alpha value is -3.15. The summed E-state index contributed by atoms with van der Waals surface area (Å²) in [6, 6.07) is 14.9. The second-order valence-corrected chi connectivity index (χ2v) is 5.57. The fourth-order valence-electron chi connectivity index (χ4n) is 2.33. The second-order valence-electron chi connectivity index (χ2n) is 5.57. The number of hydrogen-bond donors (Lipinski definition) is 1. The Kier molecular flexibility index (Phi) is 5.09. The van der Waals surface area contributed by atoms with Crippen molar-refractivity contribution in [1.29, 1.82) is 0 Å². The molecule has 128 valence electrons. The summed E-state index contributed by atoms with van der Waals surface area (Å²) in [6.45, 7) is 3.84. The number of aromatic nitrogens is 2. The van der Waals surface area contributed by atoms with Crippen LogP contribution in [0.25, 0.3) is 11.5 Å². The van der Waals surface area contributed by atoms with Gasteiger partial charge in [-0.3, -0.25) is 4.79 Å². The minimum atomic E-state index is -0.260. The van der Waals surface area contributed by atoms with Gasteiger partial charge in [0.15, 0.2) is 12.4 Å². The summed E-state index contributed by atoms with van der Waals surface area (Å²) in [5, 5.41) is 6.72. The molecule has 0 atom stereocenters. The SMILES string of the molecule is CCc1noc(-c2ccccc2NC(=O)COc2cccc(C)c2)n1. The Bertz CT molecular complexity index is 874. The molecule has 0 saturated carbocycles. The van der Waals surface area contributed by atoms with Crippen molar-refractivity contribution in [3.63, 3.8) is 0 Å². The number of nitrogens with one attached hydrogen (secondary N) is 1. The highest BCUT2D eigenvalue weighted by Crippen LogP contribution is 2.26. The lowest BCUT2D eigenvalue weighted by molar-refractivity contribution is -0.118. The lowest BCUT2D eigenvalue weighted by Gasteiger charge is -2.10. The highest BCUT2D eigenvalue weighted by molar-refractivity contribution is 5.95. The van der Waals surface area contributed by atoms with E-state index in [1.807, 2.05) is 56.3 Å². The lowest BCUT2D eigenvalue weighted by atomic mass is 10.1.